The van der Waals surface area contributed by atoms with E-state index in [4.69, 9.17) is 10.5 Å². The molecular weight excluding hydrogens is 216 g/mol. The van der Waals surface area contributed by atoms with E-state index in [2.05, 4.69) is 15.3 Å². The number of nitrogens with two attached hydrogens (primary N) is 1. The molecule has 1 aromatic heterocycles. The molecule has 0 aromatic carbocycles. The summed E-state index contributed by atoms with van der Waals surface area (Å²) in [6.07, 6.45) is 4.00. The number of hydrogen-bond donors (Lipinski definition) is 2. The van der Waals surface area contributed by atoms with E-state index in [9.17, 15) is 0 Å². The molecule has 1 aliphatic heterocycles. The van der Waals surface area contributed by atoms with Gasteiger partial charge >= 0.3 is 0 Å². The molecule has 1 unspecified atom stereocenters. The Balaban J connectivity index is 1.80. The molecule has 0 bridgehead atoms. The molecule has 92 valence electrons. The van der Waals surface area contributed by atoms with Crippen LogP contribution in [0.3, 0.4) is 0 Å². The third-order valence-corrected chi connectivity index (χ3v) is 2.70. The minimum atomic E-state index is 0.411. The summed E-state index contributed by atoms with van der Waals surface area (Å²) < 4.78 is 5.39. The van der Waals surface area contributed by atoms with E-state index in [0.717, 1.165) is 19.6 Å². The van der Waals surface area contributed by atoms with E-state index >= 15 is 0 Å². The number of anilines is 1. The molecule has 1 atom stereocenters. The van der Waals surface area contributed by atoms with Crippen molar-refractivity contribution in [3.05, 3.63) is 24.4 Å². The number of aromatic nitrogens is 1. The van der Waals surface area contributed by atoms with Gasteiger partial charge in [0.2, 0.25) is 0 Å². The summed E-state index contributed by atoms with van der Waals surface area (Å²) in [5.41, 5.74) is 5.78. The molecule has 3 N–H and O–H groups in total. The second-order valence-corrected chi connectivity index (χ2v) is 4.15. The Kier molecular flexibility index (Phi) is 4.32. The van der Waals surface area contributed by atoms with Crippen molar-refractivity contribution in [2.75, 3.05) is 25.1 Å². The van der Waals surface area contributed by atoms with Gasteiger partial charge in [0.1, 0.15) is 5.82 Å². The van der Waals surface area contributed by atoms with Gasteiger partial charge in [0.25, 0.3) is 0 Å². The van der Waals surface area contributed by atoms with Crippen molar-refractivity contribution >= 4 is 11.8 Å². The number of nitrogens with one attached hydrogen (secondary N) is 1. The van der Waals surface area contributed by atoms with E-state index < -0.39 is 0 Å². The summed E-state index contributed by atoms with van der Waals surface area (Å²) in [6, 6.07) is 5.61. The summed E-state index contributed by atoms with van der Waals surface area (Å²) in [5, 5.41) is 2.96. The number of nitrogens with zero attached hydrogens (tertiary/aromatic N) is 2. The van der Waals surface area contributed by atoms with Gasteiger partial charge in [-0.1, -0.05) is 6.07 Å². The maximum absolute atomic E-state index is 5.78. The first kappa shape index (κ1) is 11.9. The Bertz CT molecular complexity index is 360. The summed E-state index contributed by atoms with van der Waals surface area (Å²) >= 11 is 0. The first-order valence-electron chi connectivity index (χ1n) is 5.90. The van der Waals surface area contributed by atoms with Crippen LogP contribution in [-0.4, -0.2) is 30.7 Å². The number of aliphatic imine (C=N–C) groups is 1. The van der Waals surface area contributed by atoms with Crippen LogP contribution in [0, 0.1) is 5.92 Å². The van der Waals surface area contributed by atoms with Crippen LogP contribution in [-0.2, 0) is 4.74 Å². The van der Waals surface area contributed by atoms with Crippen LogP contribution in [0.5, 0.6) is 0 Å². The fourth-order valence-corrected chi connectivity index (χ4v) is 1.79. The molecule has 1 saturated heterocycles. The number of hydrogen-bond acceptors (Lipinski definition) is 3. The first-order valence-corrected chi connectivity index (χ1v) is 5.90. The number of ether oxygens (including phenoxy) is 1. The van der Waals surface area contributed by atoms with Crippen LogP contribution < -0.4 is 11.1 Å². The molecule has 0 spiro atoms. The highest BCUT2D eigenvalue weighted by molar-refractivity contribution is 5.91. The van der Waals surface area contributed by atoms with Gasteiger partial charge in [-0.15, -0.1) is 0 Å². The first-order chi connectivity index (χ1) is 8.34. The molecule has 1 fully saturated rings. The van der Waals surface area contributed by atoms with Crippen molar-refractivity contribution in [2.45, 2.75) is 12.8 Å². The van der Waals surface area contributed by atoms with Crippen molar-refractivity contribution in [1.29, 1.82) is 0 Å². The van der Waals surface area contributed by atoms with E-state index in [1.807, 2.05) is 18.2 Å². The summed E-state index contributed by atoms with van der Waals surface area (Å²) in [7, 11) is 0. The fraction of sp³-hybridized carbons (Fsp3) is 0.500. The minimum absolute atomic E-state index is 0.411. The zero-order chi connectivity index (χ0) is 11.9. The van der Waals surface area contributed by atoms with Crippen LogP contribution in [0.15, 0.2) is 29.4 Å². The molecule has 0 radical (unpaired) electrons. The smallest absolute Gasteiger partial charge is 0.194 e. The molecule has 0 saturated carbocycles. The van der Waals surface area contributed by atoms with Crippen LogP contribution in [0.2, 0.25) is 0 Å². The predicted molar refractivity (Wildman–Crippen MR) is 67.9 cm³/mol. The molecule has 0 amide bonds. The van der Waals surface area contributed by atoms with Gasteiger partial charge in [0, 0.05) is 25.3 Å². The predicted octanol–water partition coefficient (Wildman–Crippen LogP) is 1.23. The highest BCUT2D eigenvalue weighted by atomic mass is 16.5. The van der Waals surface area contributed by atoms with Gasteiger partial charge in [-0.2, -0.15) is 0 Å². The van der Waals surface area contributed by atoms with Crippen LogP contribution in [0.1, 0.15) is 12.8 Å². The van der Waals surface area contributed by atoms with Gasteiger partial charge in [0.15, 0.2) is 5.96 Å². The van der Waals surface area contributed by atoms with Crippen molar-refractivity contribution in [2.24, 2.45) is 16.6 Å². The van der Waals surface area contributed by atoms with Gasteiger partial charge in [-0.25, -0.2) is 4.98 Å². The van der Waals surface area contributed by atoms with Gasteiger partial charge in [0.05, 0.1) is 6.61 Å². The third kappa shape index (κ3) is 4.03. The molecule has 1 aliphatic rings. The topological polar surface area (TPSA) is 72.5 Å². The average Bonchev–Trinajstić information content (AvgIpc) is 2.39. The van der Waals surface area contributed by atoms with E-state index in [1.54, 1.807) is 6.20 Å². The molecule has 2 rings (SSSR count). The maximum Gasteiger partial charge on any atom is 0.194 e. The molecule has 17 heavy (non-hydrogen) atoms. The van der Waals surface area contributed by atoms with Crippen LogP contribution in [0.25, 0.3) is 0 Å². The Morgan fingerprint density at radius 3 is 3.24 bits per heavy atom. The highest BCUT2D eigenvalue weighted by Crippen LogP contribution is 2.13. The molecule has 0 aliphatic carbocycles. The average molecular weight is 234 g/mol. The van der Waals surface area contributed by atoms with E-state index in [-0.39, 0.29) is 0 Å². The lowest BCUT2D eigenvalue weighted by atomic mass is 10.0. The highest BCUT2D eigenvalue weighted by Gasteiger charge is 2.13. The van der Waals surface area contributed by atoms with Crippen molar-refractivity contribution in [1.82, 2.24) is 4.98 Å². The van der Waals surface area contributed by atoms with Crippen molar-refractivity contribution in [3.8, 4) is 0 Å². The Labute approximate surface area is 101 Å². The Hall–Kier alpha value is -1.62. The standard InChI is InChI=1S/C12H18N4O/c13-12(16-11-5-1-2-6-14-11)15-8-10-4-3-7-17-9-10/h1-2,5-6,10H,3-4,7-9H2,(H3,13,14,15,16). The monoisotopic (exact) mass is 234 g/mol. The van der Waals surface area contributed by atoms with Crippen LogP contribution >= 0.6 is 0 Å². The number of pyridine rings is 1. The van der Waals surface area contributed by atoms with Gasteiger partial charge in [-0.05, 0) is 25.0 Å². The molecule has 5 heteroatoms. The van der Waals surface area contributed by atoms with Gasteiger partial charge in [-0.3, -0.25) is 4.99 Å². The number of rotatable bonds is 3. The SMILES string of the molecule is NC(=NCC1CCCOC1)Nc1ccccn1. The van der Waals surface area contributed by atoms with E-state index in [0.29, 0.717) is 24.2 Å². The molecule has 5 nitrogen and oxygen atoms in total. The molecular formula is C12H18N4O. The van der Waals surface area contributed by atoms with Crippen molar-refractivity contribution < 1.29 is 4.74 Å². The lowest BCUT2D eigenvalue weighted by molar-refractivity contribution is 0.0582. The zero-order valence-electron chi connectivity index (χ0n) is 9.80. The minimum Gasteiger partial charge on any atom is -0.381 e. The lowest BCUT2D eigenvalue weighted by Crippen LogP contribution is -2.26. The zero-order valence-corrected chi connectivity index (χ0v) is 9.80. The maximum atomic E-state index is 5.78. The summed E-state index contributed by atoms with van der Waals surface area (Å²) in [4.78, 5) is 8.42. The Morgan fingerprint density at radius 2 is 2.53 bits per heavy atom. The lowest BCUT2D eigenvalue weighted by Gasteiger charge is -2.20. The fourth-order valence-electron chi connectivity index (χ4n) is 1.79. The number of guanidine groups is 1. The molecule has 1 aromatic rings. The second-order valence-electron chi connectivity index (χ2n) is 4.15. The second kappa shape index (κ2) is 6.20. The molecule has 2 heterocycles. The van der Waals surface area contributed by atoms with Gasteiger partial charge < -0.3 is 15.8 Å². The third-order valence-electron chi connectivity index (χ3n) is 2.70. The normalized spacial score (nSPS) is 21.2. The van der Waals surface area contributed by atoms with Crippen molar-refractivity contribution in [3.63, 3.8) is 0 Å². The summed E-state index contributed by atoms with van der Waals surface area (Å²) in [6.45, 7) is 2.38. The Morgan fingerprint density at radius 1 is 1.59 bits per heavy atom. The van der Waals surface area contributed by atoms with E-state index in [1.165, 1.54) is 6.42 Å². The quantitative estimate of drug-likeness (QED) is 0.609. The van der Waals surface area contributed by atoms with Crippen LogP contribution in [0.4, 0.5) is 5.82 Å². The summed E-state index contributed by atoms with van der Waals surface area (Å²) in [5.74, 6) is 1.62. The largest absolute Gasteiger partial charge is 0.381 e.